The summed E-state index contributed by atoms with van der Waals surface area (Å²) in [6.07, 6.45) is -2.61. The predicted molar refractivity (Wildman–Crippen MR) is 54.2 cm³/mol. The Morgan fingerprint density at radius 3 is 2.23 bits per heavy atom. The van der Waals surface area contributed by atoms with E-state index < -0.39 is 12.6 Å². The van der Waals surface area contributed by atoms with Crippen LogP contribution in [0.15, 0.2) is 0 Å². The molecule has 0 bridgehead atoms. The van der Waals surface area contributed by atoms with E-state index in [1.54, 1.807) is 0 Å². The Kier molecular flexibility index (Phi) is 4.28. The fourth-order valence-corrected chi connectivity index (χ4v) is 1.97. The first-order valence-corrected chi connectivity index (χ1v) is 5.65. The quantitative estimate of drug-likeness (QED) is 0.560. The van der Waals surface area contributed by atoms with Gasteiger partial charge in [0.25, 0.3) is 0 Å². The van der Waals surface area contributed by atoms with E-state index in [0.29, 0.717) is 3.92 Å². The fourth-order valence-electron chi connectivity index (χ4n) is 1.41. The standard InChI is InChI=1S/C8H13F3IN/c9-8(10,11)3-6-13-4-1-7(12)2-5-13/h7H,1-6H2. The Hall–Kier alpha value is 0.480. The molecule has 1 fully saturated rings. The number of hydrogen-bond donors (Lipinski definition) is 0. The van der Waals surface area contributed by atoms with Gasteiger partial charge in [-0.25, -0.2) is 0 Å². The van der Waals surface area contributed by atoms with E-state index in [1.807, 2.05) is 4.90 Å². The summed E-state index contributed by atoms with van der Waals surface area (Å²) >= 11 is 2.36. The topological polar surface area (TPSA) is 3.24 Å². The van der Waals surface area contributed by atoms with Crippen LogP contribution in [0.4, 0.5) is 13.2 Å². The van der Waals surface area contributed by atoms with Gasteiger partial charge in [0.1, 0.15) is 0 Å². The van der Waals surface area contributed by atoms with Crippen LogP contribution in [0.1, 0.15) is 19.3 Å². The molecule has 0 N–H and O–H groups in total. The highest BCUT2D eigenvalue weighted by Crippen LogP contribution is 2.22. The molecule has 1 saturated heterocycles. The van der Waals surface area contributed by atoms with Gasteiger partial charge in [0.05, 0.1) is 6.42 Å². The largest absolute Gasteiger partial charge is 0.390 e. The van der Waals surface area contributed by atoms with E-state index in [9.17, 15) is 13.2 Å². The summed E-state index contributed by atoms with van der Waals surface area (Å²) in [5.74, 6) is 0. The van der Waals surface area contributed by atoms with Crippen molar-refractivity contribution in [2.45, 2.75) is 29.4 Å². The number of alkyl halides is 4. The van der Waals surface area contributed by atoms with Gasteiger partial charge < -0.3 is 4.90 Å². The summed E-state index contributed by atoms with van der Waals surface area (Å²) in [5.41, 5.74) is 0. The summed E-state index contributed by atoms with van der Waals surface area (Å²) < 4.78 is 36.2. The fraction of sp³-hybridized carbons (Fsp3) is 1.00. The molecular weight excluding hydrogens is 294 g/mol. The average Bonchev–Trinajstić information content (AvgIpc) is 2.02. The zero-order chi connectivity index (χ0) is 9.90. The van der Waals surface area contributed by atoms with E-state index in [2.05, 4.69) is 22.6 Å². The van der Waals surface area contributed by atoms with Crippen molar-refractivity contribution in [1.82, 2.24) is 4.90 Å². The van der Waals surface area contributed by atoms with Gasteiger partial charge in [-0.1, -0.05) is 22.6 Å². The summed E-state index contributed by atoms with van der Waals surface area (Å²) in [6, 6.07) is 0. The zero-order valence-electron chi connectivity index (χ0n) is 7.28. The molecule has 1 rings (SSSR count). The van der Waals surface area contributed by atoms with Gasteiger partial charge in [-0.05, 0) is 25.9 Å². The second-order valence-corrected chi connectivity index (χ2v) is 5.14. The van der Waals surface area contributed by atoms with E-state index in [-0.39, 0.29) is 6.54 Å². The van der Waals surface area contributed by atoms with E-state index >= 15 is 0 Å². The van der Waals surface area contributed by atoms with Gasteiger partial charge in [-0.15, -0.1) is 0 Å². The molecular formula is C8H13F3IN. The molecule has 78 valence electrons. The Balaban J connectivity index is 2.16. The van der Waals surface area contributed by atoms with Crippen LogP contribution in [0, 0.1) is 0 Å². The van der Waals surface area contributed by atoms with Crippen molar-refractivity contribution in [3.8, 4) is 0 Å². The Bertz CT molecular complexity index is 152. The molecule has 5 heteroatoms. The minimum atomic E-state index is -4.00. The van der Waals surface area contributed by atoms with E-state index in [1.165, 1.54) is 0 Å². The zero-order valence-corrected chi connectivity index (χ0v) is 9.44. The minimum absolute atomic E-state index is 0.173. The van der Waals surface area contributed by atoms with Crippen molar-refractivity contribution in [1.29, 1.82) is 0 Å². The molecule has 0 saturated carbocycles. The van der Waals surface area contributed by atoms with Crippen molar-refractivity contribution >= 4 is 22.6 Å². The lowest BCUT2D eigenvalue weighted by molar-refractivity contribution is -0.138. The smallest absolute Gasteiger partial charge is 0.303 e. The van der Waals surface area contributed by atoms with Crippen molar-refractivity contribution in [2.75, 3.05) is 19.6 Å². The molecule has 1 nitrogen and oxygen atoms in total. The van der Waals surface area contributed by atoms with E-state index in [0.717, 1.165) is 25.9 Å². The van der Waals surface area contributed by atoms with Gasteiger partial charge >= 0.3 is 6.18 Å². The van der Waals surface area contributed by atoms with Gasteiger partial charge in [0.2, 0.25) is 0 Å². The predicted octanol–water partition coefficient (Wildman–Crippen LogP) is 2.84. The second kappa shape index (κ2) is 4.82. The molecule has 0 atom stereocenters. The number of piperidine rings is 1. The Morgan fingerprint density at radius 1 is 1.23 bits per heavy atom. The van der Waals surface area contributed by atoms with Gasteiger partial charge in [-0.3, -0.25) is 0 Å². The molecule has 13 heavy (non-hydrogen) atoms. The average molecular weight is 307 g/mol. The highest BCUT2D eigenvalue weighted by molar-refractivity contribution is 14.1. The second-order valence-electron chi connectivity index (χ2n) is 3.38. The van der Waals surface area contributed by atoms with Crippen molar-refractivity contribution in [3.05, 3.63) is 0 Å². The molecule has 0 aromatic heterocycles. The highest BCUT2D eigenvalue weighted by atomic mass is 127. The molecule has 0 aromatic rings. The molecule has 0 amide bonds. The maximum Gasteiger partial charge on any atom is 0.390 e. The first-order valence-electron chi connectivity index (χ1n) is 4.40. The number of rotatable bonds is 2. The van der Waals surface area contributed by atoms with Gasteiger partial charge in [0.15, 0.2) is 0 Å². The van der Waals surface area contributed by atoms with Gasteiger partial charge in [-0.2, -0.15) is 13.2 Å². The van der Waals surface area contributed by atoms with Crippen LogP contribution >= 0.6 is 22.6 Å². The highest BCUT2D eigenvalue weighted by Gasteiger charge is 2.28. The molecule has 0 radical (unpaired) electrons. The van der Waals surface area contributed by atoms with Crippen LogP contribution in [0.2, 0.25) is 0 Å². The molecule has 1 heterocycles. The van der Waals surface area contributed by atoms with Crippen LogP contribution in [0.5, 0.6) is 0 Å². The lowest BCUT2D eigenvalue weighted by Gasteiger charge is -2.29. The third kappa shape index (κ3) is 5.05. The molecule has 0 aliphatic carbocycles. The normalized spacial score (nSPS) is 22.2. The lowest BCUT2D eigenvalue weighted by Crippen LogP contribution is -2.36. The number of hydrogen-bond acceptors (Lipinski definition) is 1. The maximum atomic E-state index is 11.9. The number of nitrogens with zero attached hydrogens (tertiary/aromatic N) is 1. The van der Waals surface area contributed by atoms with Crippen LogP contribution in [-0.4, -0.2) is 34.6 Å². The maximum absolute atomic E-state index is 11.9. The van der Waals surface area contributed by atoms with Crippen molar-refractivity contribution in [2.24, 2.45) is 0 Å². The third-order valence-corrected chi connectivity index (χ3v) is 3.47. The summed E-state index contributed by atoms with van der Waals surface area (Å²) in [7, 11) is 0. The van der Waals surface area contributed by atoms with Crippen molar-refractivity contribution in [3.63, 3.8) is 0 Å². The lowest BCUT2D eigenvalue weighted by atomic mass is 10.1. The van der Waals surface area contributed by atoms with Crippen LogP contribution in [-0.2, 0) is 0 Å². The first-order chi connectivity index (χ1) is 5.97. The summed E-state index contributed by atoms with van der Waals surface area (Å²) in [4.78, 5) is 1.91. The SMILES string of the molecule is FC(F)(F)CCN1CCC(I)CC1. The molecule has 0 unspecified atom stereocenters. The summed E-state index contributed by atoms with van der Waals surface area (Å²) in [5, 5.41) is 0. The number of likely N-dealkylation sites (tertiary alicyclic amines) is 1. The molecule has 1 aliphatic heterocycles. The molecule has 1 aliphatic rings. The number of halogens is 4. The van der Waals surface area contributed by atoms with E-state index in [4.69, 9.17) is 0 Å². The van der Waals surface area contributed by atoms with Crippen LogP contribution < -0.4 is 0 Å². The monoisotopic (exact) mass is 307 g/mol. The minimum Gasteiger partial charge on any atom is -0.303 e. The molecule has 0 spiro atoms. The van der Waals surface area contributed by atoms with Crippen LogP contribution in [0.3, 0.4) is 0 Å². The third-order valence-electron chi connectivity index (χ3n) is 2.23. The Morgan fingerprint density at radius 2 is 1.77 bits per heavy atom. The van der Waals surface area contributed by atoms with Crippen LogP contribution in [0.25, 0.3) is 0 Å². The first kappa shape index (κ1) is 11.6. The Labute approximate surface area is 89.8 Å². The van der Waals surface area contributed by atoms with Gasteiger partial charge in [0, 0.05) is 10.5 Å². The summed E-state index contributed by atoms with van der Waals surface area (Å²) in [6.45, 7) is 1.82. The molecule has 0 aromatic carbocycles. The van der Waals surface area contributed by atoms with Crippen molar-refractivity contribution < 1.29 is 13.2 Å².